The largest absolute Gasteiger partial charge is 0.317 e. The molecule has 1 saturated carbocycles. The van der Waals surface area contributed by atoms with Gasteiger partial charge in [-0.15, -0.1) is 0 Å². The number of nitrogens with one attached hydrogen (secondary N) is 1. The van der Waals surface area contributed by atoms with E-state index < -0.39 is 0 Å². The Morgan fingerprint density at radius 1 is 1.24 bits per heavy atom. The van der Waals surface area contributed by atoms with Crippen LogP contribution in [0.1, 0.15) is 52.4 Å². The van der Waals surface area contributed by atoms with Crippen LogP contribution in [-0.4, -0.2) is 37.1 Å². The lowest BCUT2D eigenvalue weighted by Crippen LogP contribution is -2.51. The smallest absolute Gasteiger partial charge is 0.0114 e. The summed E-state index contributed by atoms with van der Waals surface area (Å²) in [6.45, 7) is 7.40. The number of nitrogens with zero attached hydrogens (tertiary/aromatic N) is 1. The van der Waals surface area contributed by atoms with Crippen LogP contribution in [-0.2, 0) is 0 Å². The van der Waals surface area contributed by atoms with Gasteiger partial charge < -0.3 is 5.32 Å². The van der Waals surface area contributed by atoms with Crippen LogP contribution in [0.3, 0.4) is 0 Å². The molecule has 0 spiro atoms. The van der Waals surface area contributed by atoms with Crippen molar-refractivity contribution in [3.63, 3.8) is 0 Å². The molecule has 0 aromatic rings. The van der Waals surface area contributed by atoms with E-state index in [0.717, 1.165) is 23.9 Å². The quantitative estimate of drug-likeness (QED) is 0.813. The standard InChI is InChI=1S/C15H30N2/c1-4-13-6-5-7-14(10-13)17-9-8-15(16-3)12(2)11-17/h12-16H,4-11H2,1-3H3. The van der Waals surface area contributed by atoms with E-state index in [2.05, 4.69) is 31.1 Å². The van der Waals surface area contributed by atoms with Gasteiger partial charge in [0.1, 0.15) is 0 Å². The summed E-state index contributed by atoms with van der Waals surface area (Å²) >= 11 is 0. The Bertz CT molecular complexity index is 229. The van der Waals surface area contributed by atoms with Crippen molar-refractivity contribution in [3.05, 3.63) is 0 Å². The van der Waals surface area contributed by atoms with Crippen LogP contribution in [0.15, 0.2) is 0 Å². The van der Waals surface area contributed by atoms with Crippen LogP contribution in [0.5, 0.6) is 0 Å². The molecule has 2 fully saturated rings. The maximum absolute atomic E-state index is 3.47. The maximum Gasteiger partial charge on any atom is 0.0114 e. The normalized spacial score (nSPS) is 40.4. The van der Waals surface area contributed by atoms with Crippen LogP contribution < -0.4 is 5.32 Å². The topological polar surface area (TPSA) is 15.3 Å². The highest BCUT2D eigenvalue weighted by atomic mass is 15.2. The van der Waals surface area contributed by atoms with Gasteiger partial charge in [-0.2, -0.15) is 0 Å². The Morgan fingerprint density at radius 3 is 2.71 bits per heavy atom. The molecule has 1 heterocycles. The van der Waals surface area contributed by atoms with E-state index in [0.29, 0.717) is 0 Å². The number of likely N-dealkylation sites (tertiary alicyclic amines) is 1. The van der Waals surface area contributed by atoms with E-state index in [4.69, 9.17) is 0 Å². The molecule has 1 aliphatic carbocycles. The lowest BCUT2D eigenvalue weighted by atomic mass is 9.82. The Kier molecular flexibility index (Phi) is 4.87. The fraction of sp³-hybridized carbons (Fsp3) is 1.00. The molecule has 2 rings (SSSR count). The molecule has 2 heteroatoms. The monoisotopic (exact) mass is 238 g/mol. The van der Waals surface area contributed by atoms with Crippen molar-refractivity contribution in [1.82, 2.24) is 10.2 Å². The highest BCUT2D eigenvalue weighted by Crippen LogP contribution is 2.31. The van der Waals surface area contributed by atoms with Crippen LogP contribution in [0.25, 0.3) is 0 Å². The maximum atomic E-state index is 3.47. The van der Waals surface area contributed by atoms with Crippen molar-refractivity contribution < 1.29 is 0 Å². The van der Waals surface area contributed by atoms with Gasteiger partial charge in [-0.3, -0.25) is 4.90 Å². The van der Waals surface area contributed by atoms with Gasteiger partial charge in [0.2, 0.25) is 0 Å². The van der Waals surface area contributed by atoms with Gasteiger partial charge in [-0.1, -0.05) is 33.1 Å². The molecule has 2 nitrogen and oxygen atoms in total. The lowest BCUT2D eigenvalue weighted by molar-refractivity contribution is 0.0710. The molecule has 17 heavy (non-hydrogen) atoms. The second kappa shape index (κ2) is 6.19. The van der Waals surface area contributed by atoms with Crippen molar-refractivity contribution >= 4 is 0 Å². The van der Waals surface area contributed by atoms with Gasteiger partial charge in [0, 0.05) is 18.6 Å². The Hall–Kier alpha value is -0.0800. The minimum atomic E-state index is 0.747. The number of hydrogen-bond acceptors (Lipinski definition) is 2. The molecule has 4 atom stereocenters. The molecule has 0 bridgehead atoms. The van der Waals surface area contributed by atoms with Crippen molar-refractivity contribution in [2.75, 3.05) is 20.1 Å². The van der Waals surface area contributed by atoms with E-state index in [-0.39, 0.29) is 0 Å². The second-order valence-corrected chi connectivity index (χ2v) is 6.25. The second-order valence-electron chi connectivity index (χ2n) is 6.25. The molecular weight excluding hydrogens is 208 g/mol. The Morgan fingerprint density at radius 2 is 2.06 bits per heavy atom. The molecule has 1 N–H and O–H groups in total. The fourth-order valence-corrected chi connectivity index (χ4v) is 3.90. The first-order valence-corrected chi connectivity index (χ1v) is 7.65. The number of piperidine rings is 1. The Labute approximate surface area is 107 Å². The molecule has 2 aliphatic rings. The molecular formula is C15H30N2. The van der Waals surface area contributed by atoms with Crippen molar-refractivity contribution in [1.29, 1.82) is 0 Å². The minimum absolute atomic E-state index is 0.747. The van der Waals surface area contributed by atoms with E-state index in [1.807, 2.05) is 0 Å². The van der Waals surface area contributed by atoms with Gasteiger partial charge in [0.15, 0.2) is 0 Å². The highest BCUT2D eigenvalue weighted by Gasteiger charge is 2.31. The summed E-state index contributed by atoms with van der Waals surface area (Å²) in [5.41, 5.74) is 0. The van der Waals surface area contributed by atoms with Crippen LogP contribution in [0.2, 0.25) is 0 Å². The molecule has 4 unspecified atom stereocenters. The van der Waals surface area contributed by atoms with Crippen molar-refractivity contribution in [2.45, 2.75) is 64.5 Å². The third-order valence-electron chi connectivity index (χ3n) is 5.16. The summed E-state index contributed by atoms with van der Waals surface area (Å²) in [6, 6.07) is 1.64. The van der Waals surface area contributed by atoms with Crippen molar-refractivity contribution in [2.24, 2.45) is 11.8 Å². The molecule has 0 aromatic heterocycles. The third-order valence-corrected chi connectivity index (χ3v) is 5.16. The first-order valence-electron chi connectivity index (χ1n) is 7.65. The highest BCUT2D eigenvalue weighted by molar-refractivity contribution is 4.87. The van der Waals surface area contributed by atoms with Crippen LogP contribution in [0.4, 0.5) is 0 Å². The predicted molar refractivity (Wildman–Crippen MR) is 74.2 cm³/mol. The summed E-state index contributed by atoms with van der Waals surface area (Å²) in [5, 5.41) is 3.47. The number of hydrogen-bond donors (Lipinski definition) is 1. The van der Waals surface area contributed by atoms with Gasteiger partial charge in [0.25, 0.3) is 0 Å². The van der Waals surface area contributed by atoms with E-state index in [1.54, 1.807) is 0 Å². The van der Waals surface area contributed by atoms with Crippen LogP contribution >= 0.6 is 0 Å². The lowest BCUT2D eigenvalue weighted by Gasteiger charge is -2.43. The van der Waals surface area contributed by atoms with Gasteiger partial charge >= 0.3 is 0 Å². The minimum Gasteiger partial charge on any atom is -0.317 e. The first kappa shape index (κ1) is 13.4. The van der Waals surface area contributed by atoms with Crippen molar-refractivity contribution in [3.8, 4) is 0 Å². The average molecular weight is 238 g/mol. The summed E-state index contributed by atoms with van der Waals surface area (Å²) in [5.74, 6) is 1.82. The van der Waals surface area contributed by atoms with E-state index in [1.165, 1.54) is 51.6 Å². The van der Waals surface area contributed by atoms with Gasteiger partial charge in [0.05, 0.1) is 0 Å². The zero-order chi connectivity index (χ0) is 12.3. The number of rotatable bonds is 3. The van der Waals surface area contributed by atoms with Crippen LogP contribution in [0, 0.1) is 11.8 Å². The molecule has 1 aliphatic heterocycles. The first-order chi connectivity index (χ1) is 8.24. The molecule has 0 aromatic carbocycles. The predicted octanol–water partition coefficient (Wildman–Crippen LogP) is 2.89. The SMILES string of the molecule is CCC1CCCC(N2CCC(NC)C(C)C2)C1. The Balaban J connectivity index is 1.86. The molecule has 1 saturated heterocycles. The summed E-state index contributed by atoms with van der Waals surface area (Å²) < 4.78 is 0. The molecule has 100 valence electrons. The van der Waals surface area contributed by atoms with E-state index >= 15 is 0 Å². The third kappa shape index (κ3) is 3.23. The van der Waals surface area contributed by atoms with Gasteiger partial charge in [-0.25, -0.2) is 0 Å². The molecule has 0 radical (unpaired) electrons. The fourth-order valence-electron chi connectivity index (χ4n) is 3.90. The average Bonchev–Trinajstić information content (AvgIpc) is 2.38. The van der Waals surface area contributed by atoms with Gasteiger partial charge in [-0.05, 0) is 44.7 Å². The summed E-state index contributed by atoms with van der Waals surface area (Å²) in [7, 11) is 2.12. The van der Waals surface area contributed by atoms with E-state index in [9.17, 15) is 0 Å². The summed E-state index contributed by atoms with van der Waals surface area (Å²) in [4.78, 5) is 2.79. The summed E-state index contributed by atoms with van der Waals surface area (Å²) in [6.07, 6.45) is 8.59. The zero-order valence-corrected chi connectivity index (χ0v) is 11.9. The zero-order valence-electron chi connectivity index (χ0n) is 11.9. The molecule has 0 amide bonds.